The molecule has 3 aliphatic carbocycles. The van der Waals surface area contributed by atoms with Crippen molar-refractivity contribution in [1.82, 2.24) is 4.90 Å². The van der Waals surface area contributed by atoms with Crippen molar-refractivity contribution in [3.63, 3.8) is 0 Å². The number of Topliss-reactive ketones (excluding diaryl/α,β-unsaturated/α-hetero) is 1. The molecular formula is C25H37NO2. The molecule has 0 saturated heterocycles. The Hall–Kier alpha value is -1.35. The Kier molecular flexibility index (Phi) is 5.57. The normalized spacial score (nSPS) is 31.6. The van der Waals surface area contributed by atoms with Gasteiger partial charge in [0.2, 0.25) is 0 Å². The van der Waals surface area contributed by atoms with E-state index in [1.807, 2.05) is 0 Å². The molecule has 4 rings (SSSR count). The quantitative estimate of drug-likeness (QED) is 0.711. The molecule has 3 heteroatoms. The fourth-order valence-electron chi connectivity index (χ4n) is 6.70. The third kappa shape index (κ3) is 3.30. The molecule has 0 aliphatic heterocycles. The topological polar surface area (TPSA) is 40.5 Å². The highest BCUT2D eigenvalue weighted by molar-refractivity contribution is 5.87. The summed E-state index contributed by atoms with van der Waals surface area (Å²) in [6, 6.07) is 4.39. The smallest absolute Gasteiger partial charge is 0.139 e. The summed E-state index contributed by atoms with van der Waals surface area (Å²) in [5.41, 5.74) is 3.88. The number of nitrogens with zero attached hydrogens (tertiary/aromatic N) is 1. The Morgan fingerprint density at radius 2 is 1.86 bits per heavy atom. The first-order valence-corrected chi connectivity index (χ1v) is 11.6. The predicted octanol–water partition coefficient (Wildman–Crippen LogP) is 5.44. The van der Waals surface area contributed by atoms with E-state index in [1.165, 1.54) is 17.5 Å². The molecule has 3 aliphatic rings. The molecule has 1 N–H and O–H groups in total. The zero-order valence-corrected chi connectivity index (χ0v) is 18.0. The lowest BCUT2D eigenvalue weighted by Crippen LogP contribution is -2.42. The van der Waals surface area contributed by atoms with E-state index in [4.69, 9.17) is 0 Å². The van der Waals surface area contributed by atoms with Crippen molar-refractivity contribution in [3.8, 4) is 5.75 Å². The molecule has 28 heavy (non-hydrogen) atoms. The van der Waals surface area contributed by atoms with Crippen LogP contribution in [-0.2, 0) is 17.8 Å². The Bertz CT molecular complexity index is 736. The van der Waals surface area contributed by atoms with Gasteiger partial charge in [0.05, 0.1) is 0 Å². The fourth-order valence-corrected chi connectivity index (χ4v) is 6.70. The lowest BCUT2D eigenvalue weighted by molar-refractivity contribution is -0.129. The molecule has 154 valence electrons. The van der Waals surface area contributed by atoms with E-state index in [2.05, 4.69) is 37.8 Å². The number of phenols is 1. The minimum atomic E-state index is -0.0581. The van der Waals surface area contributed by atoms with E-state index < -0.39 is 0 Å². The van der Waals surface area contributed by atoms with Crippen LogP contribution >= 0.6 is 0 Å². The van der Waals surface area contributed by atoms with Crippen LogP contribution in [-0.4, -0.2) is 28.9 Å². The van der Waals surface area contributed by atoms with E-state index >= 15 is 0 Å². The van der Waals surface area contributed by atoms with Gasteiger partial charge in [0, 0.05) is 23.9 Å². The average Bonchev–Trinajstić information content (AvgIpc) is 2.98. The minimum Gasteiger partial charge on any atom is -0.508 e. The van der Waals surface area contributed by atoms with Gasteiger partial charge in [0.15, 0.2) is 0 Å². The molecule has 4 atom stereocenters. The Morgan fingerprint density at radius 1 is 1.11 bits per heavy atom. The van der Waals surface area contributed by atoms with Gasteiger partial charge in [0.25, 0.3) is 0 Å². The molecule has 0 bridgehead atoms. The zero-order valence-electron chi connectivity index (χ0n) is 18.0. The molecule has 0 spiro atoms. The summed E-state index contributed by atoms with van der Waals surface area (Å²) < 4.78 is 0. The molecule has 1 aromatic rings. The lowest BCUT2D eigenvalue weighted by Gasteiger charge is -2.48. The SMILES string of the molecule is CCCN(CCC)Cc1cc2c(cc1O)CC[C@@H]1[C@@H]2CC[C@@]2(C)C(=O)CC[C@H]12. The number of aromatic hydroxyl groups is 1. The van der Waals surface area contributed by atoms with Crippen molar-refractivity contribution in [2.24, 2.45) is 17.3 Å². The summed E-state index contributed by atoms with van der Waals surface area (Å²) in [4.78, 5) is 15.0. The van der Waals surface area contributed by atoms with Crippen LogP contribution in [0.5, 0.6) is 5.75 Å². The summed E-state index contributed by atoms with van der Waals surface area (Å²) in [6.07, 6.45) is 8.59. The van der Waals surface area contributed by atoms with Gasteiger partial charge in [0.1, 0.15) is 11.5 Å². The molecule has 1 aromatic carbocycles. The second-order valence-corrected chi connectivity index (χ2v) is 9.79. The maximum absolute atomic E-state index is 12.6. The van der Waals surface area contributed by atoms with Crippen LogP contribution in [0.3, 0.4) is 0 Å². The summed E-state index contributed by atoms with van der Waals surface area (Å²) in [7, 11) is 0. The third-order valence-corrected chi connectivity index (χ3v) is 8.11. The van der Waals surface area contributed by atoms with Crippen LogP contribution in [0.4, 0.5) is 0 Å². The molecule has 2 fully saturated rings. The number of aryl methyl sites for hydroxylation is 1. The highest BCUT2D eigenvalue weighted by Gasteiger charge is 2.54. The Morgan fingerprint density at radius 3 is 2.57 bits per heavy atom. The van der Waals surface area contributed by atoms with Gasteiger partial charge in [-0.1, -0.05) is 26.8 Å². The molecule has 0 aromatic heterocycles. The van der Waals surface area contributed by atoms with E-state index in [9.17, 15) is 9.90 Å². The summed E-state index contributed by atoms with van der Waals surface area (Å²) in [6.45, 7) is 9.70. The largest absolute Gasteiger partial charge is 0.508 e. The molecular weight excluding hydrogens is 346 g/mol. The number of benzene rings is 1. The van der Waals surface area contributed by atoms with E-state index in [1.54, 1.807) is 0 Å². The van der Waals surface area contributed by atoms with Crippen LogP contribution in [0.2, 0.25) is 0 Å². The van der Waals surface area contributed by atoms with Crippen molar-refractivity contribution < 1.29 is 9.90 Å². The number of hydrogen-bond donors (Lipinski definition) is 1. The van der Waals surface area contributed by atoms with Gasteiger partial charge in [-0.25, -0.2) is 0 Å². The summed E-state index contributed by atoms with van der Waals surface area (Å²) in [5, 5.41) is 10.7. The maximum atomic E-state index is 12.6. The maximum Gasteiger partial charge on any atom is 0.139 e. The van der Waals surface area contributed by atoms with Gasteiger partial charge < -0.3 is 5.11 Å². The minimum absolute atomic E-state index is 0.0581. The second kappa shape index (κ2) is 7.82. The first-order chi connectivity index (χ1) is 13.5. The molecule has 0 unspecified atom stereocenters. The van der Waals surface area contributed by atoms with Gasteiger partial charge in [-0.2, -0.15) is 0 Å². The molecule has 2 saturated carbocycles. The van der Waals surface area contributed by atoms with Crippen molar-refractivity contribution in [2.45, 2.75) is 84.6 Å². The van der Waals surface area contributed by atoms with E-state index in [0.717, 1.165) is 70.1 Å². The third-order valence-electron chi connectivity index (χ3n) is 8.11. The lowest BCUT2D eigenvalue weighted by atomic mass is 9.55. The van der Waals surface area contributed by atoms with Crippen LogP contribution in [0.25, 0.3) is 0 Å². The molecule has 3 nitrogen and oxygen atoms in total. The first-order valence-electron chi connectivity index (χ1n) is 11.6. The Balaban J connectivity index is 1.62. The van der Waals surface area contributed by atoms with Crippen molar-refractivity contribution in [2.75, 3.05) is 13.1 Å². The van der Waals surface area contributed by atoms with Crippen molar-refractivity contribution in [3.05, 3.63) is 28.8 Å². The number of hydrogen-bond acceptors (Lipinski definition) is 3. The number of fused-ring (bicyclic) bond motifs is 5. The van der Waals surface area contributed by atoms with Crippen LogP contribution in [0.15, 0.2) is 12.1 Å². The summed E-state index contributed by atoms with van der Waals surface area (Å²) in [5.74, 6) is 2.80. The van der Waals surface area contributed by atoms with Crippen LogP contribution < -0.4 is 0 Å². The highest BCUT2D eigenvalue weighted by atomic mass is 16.3. The van der Waals surface area contributed by atoms with Crippen LogP contribution in [0, 0.1) is 17.3 Å². The van der Waals surface area contributed by atoms with E-state index in [-0.39, 0.29) is 5.41 Å². The molecule has 0 heterocycles. The Labute approximate surface area is 170 Å². The fraction of sp³-hybridized carbons (Fsp3) is 0.720. The van der Waals surface area contributed by atoms with Crippen molar-refractivity contribution in [1.29, 1.82) is 0 Å². The molecule has 0 amide bonds. The number of phenolic OH excluding ortho intramolecular Hbond substituents is 1. The van der Waals surface area contributed by atoms with Crippen LogP contribution in [0.1, 0.15) is 88.3 Å². The highest BCUT2D eigenvalue weighted by Crippen LogP contribution is 2.59. The zero-order chi connectivity index (χ0) is 19.9. The van der Waals surface area contributed by atoms with Gasteiger partial charge in [-0.05, 0) is 93.0 Å². The number of carbonyl (C=O) groups is 1. The van der Waals surface area contributed by atoms with E-state index in [0.29, 0.717) is 29.3 Å². The second-order valence-electron chi connectivity index (χ2n) is 9.79. The monoisotopic (exact) mass is 383 g/mol. The number of carbonyl (C=O) groups excluding carboxylic acids is 1. The van der Waals surface area contributed by atoms with Gasteiger partial charge >= 0.3 is 0 Å². The van der Waals surface area contributed by atoms with Gasteiger partial charge in [-0.15, -0.1) is 0 Å². The number of rotatable bonds is 6. The standard InChI is InChI=1S/C25H37NO2/c1-4-12-26(13-5-2)16-18-14-21-17(15-23(18)27)6-7-20-19(21)10-11-25(3)22(20)8-9-24(25)28/h14-15,19-20,22,27H,4-13,16H2,1-3H3/t19-,20+,22+,25+/m0/s1. The van der Waals surface area contributed by atoms with Gasteiger partial charge in [-0.3, -0.25) is 9.69 Å². The predicted molar refractivity (Wildman–Crippen MR) is 114 cm³/mol. The average molecular weight is 384 g/mol. The first kappa shape index (κ1) is 19.9. The van der Waals surface area contributed by atoms with Crippen molar-refractivity contribution >= 4 is 5.78 Å². The summed E-state index contributed by atoms with van der Waals surface area (Å²) >= 11 is 0. The number of ketones is 1. The molecule has 0 radical (unpaired) electrons.